The van der Waals surface area contributed by atoms with E-state index in [0.29, 0.717) is 4.90 Å². The van der Waals surface area contributed by atoms with Gasteiger partial charge in [0.15, 0.2) is 0 Å². The molecule has 0 radical (unpaired) electrons. The zero-order valence-electron chi connectivity index (χ0n) is 12.2. The van der Waals surface area contributed by atoms with Gasteiger partial charge in [0.25, 0.3) is 0 Å². The van der Waals surface area contributed by atoms with Gasteiger partial charge in [0, 0.05) is 10.5 Å². The highest BCUT2D eigenvalue weighted by Gasteiger charge is 2.32. The zero-order chi connectivity index (χ0) is 17.6. The predicted octanol–water partition coefficient (Wildman–Crippen LogP) is 4.09. The minimum absolute atomic E-state index is 0.112. The van der Waals surface area contributed by atoms with E-state index < -0.39 is 23.5 Å². The normalized spacial score (nSPS) is 11.7. The first-order valence-corrected chi connectivity index (χ1v) is 7.72. The number of thioether (sulfide) groups is 1. The molecule has 2 aromatic carbocycles. The maximum atomic E-state index is 13.4. The van der Waals surface area contributed by atoms with Crippen LogP contribution in [0.15, 0.2) is 58.5 Å². The lowest BCUT2D eigenvalue weighted by molar-refractivity contribution is -0.137. The Bertz CT molecular complexity index is 747. The topological polar surface area (TPSA) is 41.5 Å². The maximum Gasteiger partial charge on any atom is 0.417 e. The average molecular weight is 356 g/mol. The Morgan fingerprint density at radius 2 is 1.79 bits per heavy atom. The molecule has 1 N–H and O–H groups in total. The molecule has 2 aromatic rings. The van der Waals surface area contributed by atoms with Gasteiger partial charge in [-0.3, -0.25) is 4.79 Å². The Morgan fingerprint density at radius 3 is 2.50 bits per heavy atom. The number of benzene rings is 2. The van der Waals surface area contributed by atoms with Crippen LogP contribution in [0.25, 0.3) is 0 Å². The quantitative estimate of drug-likeness (QED) is 0.379. The minimum atomic E-state index is -4.51. The van der Waals surface area contributed by atoms with Crippen LogP contribution in [0.2, 0.25) is 0 Å². The lowest BCUT2D eigenvalue weighted by Gasteiger charge is -2.09. The van der Waals surface area contributed by atoms with E-state index in [-0.39, 0.29) is 11.3 Å². The summed E-state index contributed by atoms with van der Waals surface area (Å²) in [5.41, 5.74) is 1.12. The maximum absolute atomic E-state index is 13.4. The van der Waals surface area contributed by atoms with Crippen molar-refractivity contribution in [2.45, 2.75) is 11.1 Å². The first-order valence-electron chi connectivity index (χ1n) is 6.73. The summed E-state index contributed by atoms with van der Waals surface area (Å²) in [5, 5.41) is 3.52. The van der Waals surface area contributed by atoms with E-state index in [1.807, 2.05) is 0 Å². The average Bonchev–Trinajstić information content (AvgIpc) is 2.53. The van der Waals surface area contributed by atoms with Crippen LogP contribution >= 0.6 is 11.8 Å². The number of nitrogens with one attached hydrogen (secondary N) is 1. The van der Waals surface area contributed by atoms with Gasteiger partial charge in [-0.25, -0.2) is 9.82 Å². The van der Waals surface area contributed by atoms with Crippen molar-refractivity contribution in [3.05, 3.63) is 65.5 Å². The molecule has 0 fully saturated rings. The fraction of sp³-hybridized carbons (Fsp3) is 0.125. The third-order valence-corrected chi connectivity index (χ3v) is 3.90. The van der Waals surface area contributed by atoms with Crippen molar-refractivity contribution in [2.24, 2.45) is 5.10 Å². The van der Waals surface area contributed by atoms with Crippen molar-refractivity contribution in [1.82, 2.24) is 5.43 Å². The number of halogens is 4. The molecule has 8 heteroatoms. The van der Waals surface area contributed by atoms with Crippen LogP contribution in [-0.4, -0.2) is 17.9 Å². The molecule has 0 saturated heterocycles. The summed E-state index contributed by atoms with van der Waals surface area (Å²) in [7, 11) is 0. The molecule has 0 spiro atoms. The number of carbonyl (C=O) groups excluding carboxylic acids is 1. The van der Waals surface area contributed by atoms with E-state index in [1.54, 1.807) is 6.07 Å². The van der Waals surface area contributed by atoms with Gasteiger partial charge in [0.2, 0.25) is 5.91 Å². The van der Waals surface area contributed by atoms with Crippen molar-refractivity contribution in [2.75, 3.05) is 5.75 Å². The molecule has 0 aliphatic carbocycles. The van der Waals surface area contributed by atoms with Crippen molar-refractivity contribution in [1.29, 1.82) is 0 Å². The fourth-order valence-corrected chi connectivity index (χ4v) is 2.51. The Balaban J connectivity index is 1.93. The number of hydrogen-bond acceptors (Lipinski definition) is 3. The molecule has 3 nitrogen and oxygen atoms in total. The van der Waals surface area contributed by atoms with Gasteiger partial charge in [0.1, 0.15) is 5.82 Å². The van der Waals surface area contributed by atoms with E-state index in [4.69, 9.17) is 0 Å². The van der Waals surface area contributed by atoms with Crippen LogP contribution in [0.4, 0.5) is 17.6 Å². The van der Waals surface area contributed by atoms with Crippen LogP contribution in [-0.2, 0) is 11.0 Å². The molecule has 1 amide bonds. The SMILES string of the molecule is O=C(CSc1ccccc1F)N/N=C\c1ccccc1C(F)(F)F. The van der Waals surface area contributed by atoms with Crippen LogP contribution in [0, 0.1) is 5.82 Å². The van der Waals surface area contributed by atoms with Gasteiger partial charge >= 0.3 is 6.18 Å². The molecular formula is C16H12F4N2OS. The highest BCUT2D eigenvalue weighted by Crippen LogP contribution is 2.31. The molecule has 0 aliphatic rings. The summed E-state index contributed by atoms with van der Waals surface area (Å²) < 4.78 is 51.8. The molecule has 0 atom stereocenters. The summed E-state index contributed by atoms with van der Waals surface area (Å²) in [6, 6.07) is 10.8. The molecule has 0 bridgehead atoms. The second kappa shape index (κ2) is 7.96. The second-order valence-electron chi connectivity index (χ2n) is 4.60. The molecule has 0 unspecified atom stereocenters. The molecule has 0 aromatic heterocycles. The monoisotopic (exact) mass is 356 g/mol. The van der Waals surface area contributed by atoms with Crippen molar-refractivity contribution >= 4 is 23.9 Å². The Labute approximate surface area is 139 Å². The highest BCUT2D eigenvalue weighted by molar-refractivity contribution is 8.00. The summed E-state index contributed by atoms with van der Waals surface area (Å²) in [6.07, 6.45) is -3.58. The Kier molecular flexibility index (Phi) is 5.97. The number of hydrazone groups is 1. The Hall–Kier alpha value is -2.35. The number of hydrogen-bond donors (Lipinski definition) is 1. The molecule has 126 valence electrons. The van der Waals surface area contributed by atoms with Crippen molar-refractivity contribution in [3.8, 4) is 0 Å². The number of amides is 1. The molecule has 0 aliphatic heterocycles. The third kappa shape index (κ3) is 5.09. The molecule has 24 heavy (non-hydrogen) atoms. The molecule has 2 rings (SSSR count). The lowest BCUT2D eigenvalue weighted by atomic mass is 10.1. The van der Waals surface area contributed by atoms with E-state index in [9.17, 15) is 22.4 Å². The van der Waals surface area contributed by atoms with E-state index in [1.165, 1.54) is 36.4 Å². The van der Waals surface area contributed by atoms with E-state index in [0.717, 1.165) is 24.0 Å². The predicted molar refractivity (Wildman–Crippen MR) is 84.3 cm³/mol. The van der Waals surface area contributed by atoms with Crippen molar-refractivity contribution in [3.63, 3.8) is 0 Å². The number of rotatable bonds is 5. The molecule has 0 saturated carbocycles. The summed E-state index contributed by atoms with van der Waals surface area (Å²) in [6.45, 7) is 0. The summed E-state index contributed by atoms with van der Waals surface area (Å²) >= 11 is 0.968. The van der Waals surface area contributed by atoms with E-state index >= 15 is 0 Å². The van der Waals surface area contributed by atoms with Crippen LogP contribution in [0.1, 0.15) is 11.1 Å². The van der Waals surface area contributed by atoms with Gasteiger partial charge in [-0.05, 0) is 18.2 Å². The molecule has 0 heterocycles. The van der Waals surface area contributed by atoms with Crippen molar-refractivity contribution < 1.29 is 22.4 Å². The minimum Gasteiger partial charge on any atom is -0.272 e. The third-order valence-electron chi connectivity index (χ3n) is 2.85. The van der Waals surface area contributed by atoms with Crippen LogP contribution < -0.4 is 5.43 Å². The fourth-order valence-electron chi connectivity index (χ4n) is 1.78. The summed E-state index contributed by atoms with van der Waals surface area (Å²) in [4.78, 5) is 11.9. The lowest BCUT2D eigenvalue weighted by Crippen LogP contribution is -2.20. The highest BCUT2D eigenvalue weighted by atomic mass is 32.2. The summed E-state index contributed by atoms with van der Waals surface area (Å²) in [5.74, 6) is -1.11. The Morgan fingerprint density at radius 1 is 1.12 bits per heavy atom. The van der Waals surface area contributed by atoms with Gasteiger partial charge in [0.05, 0.1) is 17.5 Å². The first-order chi connectivity index (χ1) is 11.4. The number of nitrogens with zero attached hydrogens (tertiary/aromatic N) is 1. The number of alkyl halides is 3. The van der Waals surface area contributed by atoms with Gasteiger partial charge in [-0.2, -0.15) is 18.3 Å². The van der Waals surface area contributed by atoms with Crippen LogP contribution in [0.5, 0.6) is 0 Å². The zero-order valence-corrected chi connectivity index (χ0v) is 13.0. The smallest absolute Gasteiger partial charge is 0.272 e. The largest absolute Gasteiger partial charge is 0.417 e. The number of carbonyl (C=O) groups is 1. The molecular weight excluding hydrogens is 344 g/mol. The van der Waals surface area contributed by atoms with Gasteiger partial charge < -0.3 is 0 Å². The van der Waals surface area contributed by atoms with E-state index in [2.05, 4.69) is 10.5 Å². The van der Waals surface area contributed by atoms with Gasteiger partial charge in [-0.1, -0.05) is 30.3 Å². The standard InChI is InChI=1S/C16H12F4N2OS/c17-13-7-3-4-8-14(13)24-10-15(23)22-21-9-11-5-1-2-6-12(11)16(18,19)20/h1-9H,10H2,(H,22,23)/b21-9-. The first kappa shape index (κ1) is 18.0. The van der Waals surface area contributed by atoms with Crippen LogP contribution in [0.3, 0.4) is 0 Å². The second-order valence-corrected chi connectivity index (χ2v) is 5.61. The van der Waals surface area contributed by atoms with Gasteiger partial charge in [-0.15, -0.1) is 11.8 Å².